The highest BCUT2D eigenvalue weighted by Crippen LogP contribution is 2.36. The van der Waals surface area contributed by atoms with Crippen molar-refractivity contribution in [2.75, 3.05) is 0 Å². The molecule has 22 heavy (non-hydrogen) atoms. The van der Waals surface area contributed by atoms with Crippen LogP contribution in [0.5, 0.6) is 5.75 Å². The van der Waals surface area contributed by atoms with E-state index in [2.05, 4.69) is 0 Å². The van der Waals surface area contributed by atoms with Crippen LogP contribution in [0.25, 0.3) is 0 Å². The summed E-state index contributed by atoms with van der Waals surface area (Å²) in [6.07, 6.45) is 0.448. The average Bonchev–Trinajstić information content (AvgIpc) is 2.54. The Hall–Kier alpha value is -2.62. The molecule has 0 aliphatic carbocycles. The maximum Gasteiger partial charge on any atom is 0.336 e. The molecule has 4 heteroatoms. The Labute approximate surface area is 128 Å². The predicted molar refractivity (Wildman–Crippen MR) is 81.5 cm³/mol. The van der Waals surface area contributed by atoms with Crippen molar-refractivity contribution in [3.8, 4) is 5.75 Å². The van der Waals surface area contributed by atoms with E-state index in [1.165, 1.54) is 6.07 Å². The molecule has 1 N–H and O–H groups in total. The van der Waals surface area contributed by atoms with Crippen LogP contribution < -0.4 is 4.74 Å². The van der Waals surface area contributed by atoms with Gasteiger partial charge in [0.15, 0.2) is 5.78 Å². The van der Waals surface area contributed by atoms with Gasteiger partial charge in [0.25, 0.3) is 0 Å². The van der Waals surface area contributed by atoms with E-state index in [-0.39, 0.29) is 17.8 Å². The second kappa shape index (κ2) is 5.64. The third-order valence-electron chi connectivity index (χ3n) is 3.93. The van der Waals surface area contributed by atoms with Crippen LogP contribution in [0.1, 0.15) is 51.3 Å². The standard InChI is InChI=1S/C18H16O4/c1-2-11-7-8-14-15(19)10-17(22-16(14)9-11)12-5-3-4-6-13(12)18(20)21/h3-9,17H,2,10H2,1H3,(H,20,21). The third kappa shape index (κ3) is 2.48. The van der Waals surface area contributed by atoms with E-state index in [0.29, 0.717) is 16.9 Å². The van der Waals surface area contributed by atoms with Crippen molar-refractivity contribution in [2.24, 2.45) is 0 Å². The highest BCUT2D eigenvalue weighted by Gasteiger charge is 2.30. The molecule has 0 saturated heterocycles. The lowest BCUT2D eigenvalue weighted by molar-refractivity contribution is 0.0682. The first-order valence-electron chi connectivity index (χ1n) is 7.25. The molecule has 0 aromatic heterocycles. The fourth-order valence-electron chi connectivity index (χ4n) is 2.73. The summed E-state index contributed by atoms with van der Waals surface area (Å²) in [5.74, 6) is -0.491. The Morgan fingerprint density at radius 3 is 2.77 bits per heavy atom. The van der Waals surface area contributed by atoms with Gasteiger partial charge in [-0.15, -0.1) is 0 Å². The zero-order chi connectivity index (χ0) is 15.7. The molecule has 1 unspecified atom stereocenters. The minimum absolute atomic E-state index is 0.0194. The van der Waals surface area contributed by atoms with Gasteiger partial charge in [0.2, 0.25) is 0 Å². The van der Waals surface area contributed by atoms with Crippen LogP contribution in [0.3, 0.4) is 0 Å². The summed E-state index contributed by atoms with van der Waals surface area (Å²) in [6, 6.07) is 12.2. The first-order valence-corrected chi connectivity index (χ1v) is 7.25. The summed E-state index contributed by atoms with van der Waals surface area (Å²) < 4.78 is 5.94. The molecule has 112 valence electrons. The number of aryl methyl sites for hydroxylation is 1. The topological polar surface area (TPSA) is 63.6 Å². The van der Waals surface area contributed by atoms with Crippen LogP contribution in [0.15, 0.2) is 42.5 Å². The largest absolute Gasteiger partial charge is 0.484 e. The number of benzene rings is 2. The van der Waals surface area contributed by atoms with Crippen molar-refractivity contribution in [1.82, 2.24) is 0 Å². The summed E-state index contributed by atoms with van der Waals surface area (Å²) in [7, 11) is 0. The van der Waals surface area contributed by atoms with Gasteiger partial charge in [0.05, 0.1) is 17.5 Å². The molecule has 0 fully saturated rings. The maximum absolute atomic E-state index is 12.3. The van der Waals surface area contributed by atoms with Gasteiger partial charge in [-0.25, -0.2) is 4.79 Å². The van der Waals surface area contributed by atoms with Gasteiger partial charge >= 0.3 is 5.97 Å². The minimum Gasteiger partial charge on any atom is -0.484 e. The Balaban J connectivity index is 2.02. The molecule has 2 aromatic carbocycles. The maximum atomic E-state index is 12.3. The van der Waals surface area contributed by atoms with Crippen LogP contribution in [0.2, 0.25) is 0 Å². The SMILES string of the molecule is CCc1ccc2c(c1)OC(c1ccccc1C(=O)O)CC2=O. The van der Waals surface area contributed by atoms with E-state index in [9.17, 15) is 14.7 Å². The molecular weight excluding hydrogens is 280 g/mol. The number of hydrogen-bond acceptors (Lipinski definition) is 3. The lowest BCUT2D eigenvalue weighted by atomic mass is 9.92. The van der Waals surface area contributed by atoms with Crippen molar-refractivity contribution >= 4 is 11.8 Å². The normalized spacial score (nSPS) is 16.8. The Morgan fingerprint density at radius 1 is 1.27 bits per heavy atom. The molecule has 0 bridgehead atoms. The third-order valence-corrected chi connectivity index (χ3v) is 3.93. The molecule has 0 radical (unpaired) electrons. The predicted octanol–water partition coefficient (Wildman–Crippen LogP) is 3.65. The van der Waals surface area contributed by atoms with Gasteiger partial charge in [0.1, 0.15) is 11.9 Å². The monoisotopic (exact) mass is 296 g/mol. The van der Waals surface area contributed by atoms with Gasteiger partial charge in [-0.3, -0.25) is 4.79 Å². The molecule has 1 aliphatic rings. The van der Waals surface area contributed by atoms with E-state index in [1.54, 1.807) is 24.3 Å². The second-order valence-electron chi connectivity index (χ2n) is 5.31. The van der Waals surface area contributed by atoms with E-state index in [1.807, 2.05) is 19.1 Å². The van der Waals surface area contributed by atoms with Crippen molar-refractivity contribution < 1.29 is 19.4 Å². The summed E-state index contributed by atoms with van der Waals surface area (Å²) in [5.41, 5.74) is 2.37. The van der Waals surface area contributed by atoms with E-state index >= 15 is 0 Å². The number of carbonyl (C=O) groups is 2. The van der Waals surface area contributed by atoms with Crippen molar-refractivity contribution in [1.29, 1.82) is 0 Å². The van der Waals surface area contributed by atoms with E-state index in [4.69, 9.17) is 4.74 Å². The number of ketones is 1. The molecule has 1 atom stereocenters. The lowest BCUT2D eigenvalue weighted by Gasteiger charge is -2.26. The first kappa shape index (κ1) is 14.3. The minimum atomic E-state index is -1.01. The lowest BCUT2D eigenvalue weighted by Crippen LogP contribution is -2.22. The van der Waals surface area contributed by atoms with Crippen LogP contribution in [0, 0.1) is 0 Å². The molecule has 0 saturated carbocycles. The van der Waals surface area contributed by atoms with Crippen LogP contribution >= 0.6 is 0 Å². The first-order chi connectivity index (χ1) is 10.6. The average molecular weight is 296 g/mol. The number of fused-ring (bicyclic) bond motifs is 1. The summed E-state index contributed by atoms with van der Waals surface area (Å²) in [4.78, 5) is 23.7. The van der Waals surface area contributed by atoms with Gasteiger partial charge in [-0.05, 0) is 30.2 Å². The summed E-state index contributed by atoms with van der Waals surface area (Å²) in [6.45, 7) is 2.03. The molecule has 3 rings (SSSR count). The smallest absolute Gasteiger partial charge is 0.336 e. The van der Waals surface area contributed by atoms with Crippen molar-refractivity contribution in [2.45, 2.75) is 25.9 Å². The number of ether oxygens (including phenoxy) is 1. The molecular formula is C18H16O4. The van der Waals surface area contributed by atoms with Crippen molar-refractivity contribution in [3.05, 3.63) is 64.7 Å². The zero-order valence-electron chi connectivity index (χ0n) is 12.2. The van der Waals surface area contributed by atoms with Gasteiger partial charge in [0, 0.05) is 5.56 Å². The number of rotatable bonds is 3. The van der Waals surface area contributed by atoms with E-state index in [0.717, 1.165) is 12.0 Å². The van der Waals surface area contributed by atoms with Crippen LogP contribution in [0.4, 0.5) is 0 Å². The van der Waals surface area contributed by atoms with Crippen molar-refractivity contribution in [3.63, 3.8) is 0 Å². The highest BCUT2D eigenvalue weighted by molar-refractivity contribution is 6.00. The Morgan fingerprint density at radius 2 is 2.05 bits per heavy atom. The molecule has 0 spiro atoms. The van der Waals surface area contributed by atoms with Gasteiger partial charge in [-0.2, -0.15) is 0 Å². The number of carbonyl (C=O) groups excluding carboxylic acids is 1. The highest BCUT2D eigenvalue weighted by atomic mass is 16.5. The fraction of sp³-hybridized carbons (Fsp3) is 0.222. The summed E-state index contributed by atoms with van der Waals surface area (Å²) >= 11 is 0. The van der Waals surface area contributed by atoms with Crippen LogP contribution in [-0.4, -0.2) is 16.9 Å². The van der Waals surface area contributed by atoms with Gasteiger partial charge in [-0.1, -0.05) is 31.2 Å². The van der Waals surface area contributed by atoms with Crippen LogP contribution in [-0.2, 0) is 6.42 Å². The summed E-state index contributed by atoms with van der Waals surface area (Å²) in [5, 5.41) is 9.30. The Kier molecular flexibility index (Phi) is 3.67. The second-order valence-corrected chi connectivity index (χ2v) is 5.31. The quantitative estimate of drug-likeness (QED) is 0.939. The zero-order valence-corrected chi connectivity index (χ0v) is 12.2. The van der Waals surface area contributed by atoms with Gasteiger partial charge < -0.3 is 9.84 Å². The molecule has 1 heterocycles. The number of aromatic carboxylic acids is 1. The molecule has 0 amide bonds. The fourth-order valence-corrected chi connectivity index (χ4v) is 2.73. The number of hydrogen-bond donors (Lipinski definition) is 1. The number of carboxylic acids is 1. The Bertz CT molecular complexity index is 749. The molecule has 1 aliphatic heterocycles. The molecule has 2 aromatic rings. The molecule has 4 nitrogen and oxygen atoms in total. The van der Waals surface area contributed by atoms with E-state index < -0.39 is 12.1 Å². The number of Topliss-reactive ketones (excluding diaryl/α,β-unsaturated/α-hetero) is 1. The number of carboxylic acid groups (broad SMARTS) is 1.